The highest BCUT2D eigenvalue weighted by atomic mass is 32.2. The first-order valence-corrected chi connectivity index (χ1v) is 8.80. The molecule has 0 unspecified atom stereocenters. The highest BCUT2D eigenvalue weighted by Gasteiger charge is 2.33. The molecule has 1 aromatic heterocycles. The van der Waals surface area contributed by atoms with E-state index in [-0.39, 0.29) is 5.91 Å². The van der Waals surface area contributed by atoms with Gasteiger partial charge in [0.2, 0.25) is 0 Å². The molecule has 0 radical (unpaired) electrons. The summed E-state index contributed by atoms with van der Waals surface area (Å²) in [5, 5.41) is 14.2. The molecule has 1 aliphatic carbocycles. The van der Waals surface area contributed by atoms with Crippen LogP contribution in [0.5, 0.6) is 0 Å². The van der Waals surface area contributed by atoms with E-state index in [0.717, 1.165) is 36.6 Å². The van der Waals surface area contributed by atoms with Gasteiger partial charge in [-0.1, -0.05) is 13.3 Å². The molecule has 1 aliphatic rings. The Kier molecular flexibility index (Phi) is 5.65. The van der Waals surface area contributed by atoms with Crippen LogP contribution in [0.2, 0.25) is 0 Å². The van der Waals surface area contributed by atoms with Gasteiger partial charge in [-0.2, -0.15) is 0 Å². The Labute approximate surface area is 130 Å². The van der Waals surface area contributed by atoms with Gasteiger partial charge in [-0.25, -0.2) is 4.98 Å². The first-order chi connectivity index (χ1) is 10.1. The van der Waals surface area contributed by atoms with E-state index in [0.29, 0.717) is 12.1 Å². The van der Waals surface area contributed by atoms with Crippen LogP contribution in [0.4, 0.5) is 0 Å². The number of carbonyl (C=O) groups is 1. The molecule has 2 rings (SSSR count). The first-order valence-electron chi connectivity index (χ1n) is 7.57. The normalized spacial score (nSPS) is 25.6. The van der Waals surface area contributed by atoms with Crippen molar-refractivity contribution in [3.05, 3.63) is 23.9 Å². The van der Waals surface area contributed by atoms with E-state index in [1.54, 1.807) is 18.3 Å². The quantitative estimate of drug-likeness (QED) is 0.821. The van der Waals surface area contributed by atoms with E-state index in [9.17, 15) is 9.90 Å². The Morgan fingerprint density at radius 1 is 1.52 bits per heavy atom. The van der Waals surface area contributed by atoms with Gasteiger partial charge < -0.3 is 10.4 Å². The summed E-state index contributed by atoms with van der Waals surface area (Å²) < 4.78 is 0. The minimum absolute atomic E-state index is 0.154. The summed E-state index contributed by atoms with van der Waals surface area (Å²) >= 11 is 1.45. The predicted molar refractivity (Wildman–Crippen MR) is 85.6 cm³/mol. The molecule has 21 heavy (non-hydrogen) atoms. The van der Waals surface area contributed by atoms with E-state index in [1.807, 2.05) is 6.26 Å². The van der Waals surface area contributed by atoms with E-state index < -0.39 is 5.60 Å². The van der Waals surface area contributed by atoms with Gasteiger partial charge >= 0.3 is 0 Å². The molecule has 0 aliphatic heterocycles. The van der Waals surface area contributed by atoms with Crippen LogP contribution in [-0.4, -0.2) is 34.4 Å². The number of aromatic nitrogens is 1. The maximum absolute atomic E-state index is 12.3. The van der Waals surface area contributed by atoms with Crippen LogP contribution in [0.25, 0.3) is 0 Å². The lowest BCUT2D eigenvalue weighted by Gasteiger charge is -2.35. The van der Waals surface area contributed by atoms with Crippen molar-refractivity contribution in [1.82, 2.24) is 10.3 Å². The van der Waals surface area contributed by atoms with Crippen molar-refractivity contribution in [2.24, 2.45) is 5.92 Å². The van der Waals surface area contributed by atoms with Crippen LogP contribution >= 0.6 is 11.8 Å². The number of hydrogen-bond donors (Lipinski definition) is 2. The molecule has 1 heterocycles. The molecule has 2 N–H and O–H groups in total. The summed E-state index contributed by atoms with van der Waals surface area (Å²) in [6, 6.07) is 3.53. The lowest BCUT2D eigenvalue weighted by Crippen LogP contribution is -2.45. The van der Waals surface area contributed by atoms with Gasteiger partial charge in [0.15, 0.2) is 0 Å². The third-order valence-electron chi connectivity index (χ3n) is 4.40. The van der Waals surface area contributed by atoms with E-state index in [4.69, 9.17) is 0 Å². The molecule has 4 nitrogen and oxygen atoms in total. The summed E-state index contributed by atoms with van der Waals surface area (Å²) in [7, 11) is 0. The smallest absolute Gasteiger partial charge is 0.254 e. The molecule has 1 aromatic rings. The Bertz CT molecular complexity index is 485. The van der Waals surface area contributed by atoms with Crippen LogP contribution in [0, 0.1) is 5.92 Å². The largest absolute Gasteiger partial charge is 0.388 e. The van der Waals surface area contributed by atoms with E-state index >= 15 is 0 Å². The summed E-state index contributed by atoms with van der Waals surface area (Å²) in [5.74, 6) is 0.570. The molecule has 0 atom stereocenters. The monoisotopic (exact) mass is 308 g/mol. The third kappa shape index (κ3) is 4.20. The fourth-order valence-corrected chi connectivity index (χ4v) is 3.41. The van der Waals surface area contributed by atoms with Gasteiger partial charge in [-0.15, -0.1) is 11.8 Å². The molecule has 1 saturated carbocycles. The Morgan fingerprint density at radius 3 is 2.86 bits per heavy atom. The minimum atomic E-state index is -0.747. The standard InChI is InChI=1S/C16H24N2O2S/c1-3-12-6-8-16(20,9-7-12)11-18-14(19)13-5-4-10-17-15(13)21-2/h4-5,10,12,20H,3,6-9,11H2,1-2H3,(H,18,19). The number of rotatable bonds is 5. The van der Waals surface area contributed by atoms with Crippen molar-refractivity contribution < 1.29 is 9.90 Å². The van der Waals surface area contributed by atoms with Crippen molar-refractivity contribution in [3.8, 4) is 0 Å². The molecular weight excluding hydrogens is 284 g/mol. The highest BCUT2D eigenvalue weighted by molar-refractivity contribution is 7.98. The second kappa shape index (κ2) is 7.27. The Hall–Kier alpha value is -1.07. The zero-order valence-electron chi connectivity index (χ0n) is 12.8. The van der Waals surface area contributed by atoms with Gasteiger partial charge in [0.05, 0.1) is 11.2 Å². The van der Waals surface area contributed by atoms with Crippen LogP contribution in [0.15, 0.2) is 23.4 Å². The number of pyridine rings is 1. The van der Waals surface area contributed by atoms with Gasteiger partial charge in [0.25, 0.3) is 5.91 Å². The summed E-state index contributed by atoms with van der Waals surface area (Å²) in [6.45, 7) is 2.52. The van der Waals surface area contributed by atoms with Gasteiger partial charge in [-0.05, 0) is 50.0 Å². The lowest BCUT2D eigenvalue weighted by atomic mass is 9.78. The summed E-state index contributed by atoms with van der Waals surface area (Å²) in [5.41, 5.74) is -0.167. The Balaban J connectivity index is 1.92. The molecule has 0 bridgehead atoms. The number of hydrogen-bond acceptors (Lipinski definition) is 4. The average molecular weight is 308 g/mol. The van der Waals surface area contributed by atoms with Crippen LogP contribution in [-0.2, 0) is 0 Å². The molecule has 5 heteroatoms. The maximum Gasteiger partial charge on any atom is 0.254 e. The number of thioether (sulfide) groups is 1. The van der Waals surface area contributed by atoms with E-state index in [1.165, 1.54) is 18.2 Å². The maximum atomic E-state index is 12.3. The van der Waals surface area contributed by atoms with Crippen molar-refractivity contribution in [3.63, 3.8) is 0 Å². The van der Waals surface area contributed by atoms with Crippen LogP contribution in [0.1, 0.15) is 49.4 Å². The fraction of sp³-hybridized carbons (Fsp3) is 0.625. The summed E-state index contributed by atoms with van der Waals surface area (Å²) in [6.07, 6.45) is 8.40. The SMILES string of the molecule is CCC1CCC(O)(CNC(=O)c2cccnc2SC)CC1. The van der Waals surface area contributed by atoms with Crippen LogP contribution in [0.3, 0.4) is 0 Å². The predicted octanol–water partition coefficient (Wildman–Crippen LogP) is 2.86. The number of nitrogens with zero attached hydrogens (tertiary/aromatic N) is 1. The van der Waals surface area contributed by atoms with Gasteiger partial charge in [0, 0.05) is 12.7 Å². The van der Waals surface area contributed by atoms with Crippen molar-refractivity contribution in [2.75, 3.05) is 12.8 Å². The lowest BCUT2D eigenvalue weighted by molar-refractivity contribution is -0.00789. The molecule has 116 valence electrons. The zero-order valence-corrected chi connectivity index (χ0v) is 13.6. The minimum Gasteiger partial charge on any atom is -0.388 e. The first kappa shape index (κ1) is 16.3. The number of nitrogens with one attached hydrogen (secondary N) is 1. The second-order valence-corrected chi connectivity index (χ2v) is 6.61. The molecular formula is C16H24N2O2S. The number of carbonyl (C=O) groups excluding carboxylic acids is 1. The third-order valence-corrected chi connectivity index (χ3v) is 5.11. The number of amides is 1. The molecule has 0 spiro atoms. The van der Waals surface area contributed by atoms with Crippen molar-refractivity contribution >= 4 is 17.7 Å². The van der Waals surface area contributed by atoms with E-state index in [2.05, 4.69) is 17.2 Å². The highest BCUT2D eigenvalue weighted by Crippen LogP contribution is 2.33. The average Bonchev–Trinajstić information content (AvgIpc) is 2.53. The topological polar surface area (TPSA) is 62.2 Å². The summed E-state index contributed by atoms with van der Waals surface area (Å²) in [4.78, 5) is 16.4. The zero-order chi connectivity index (χ0) is 15.3. The fourth-order valence-electron chi connectivity index (χ4n) is 2.87. The molecule has 1 fully saturated rings. The molecule has 0 saturated heterocycles. The van der Waals surface area contributed by atoms with Crippen LogP contribution < -0.4 is 5.32 Å². The number of aliphatic hydroxyl groups is 1. The second-order valence-electron chi connectivity index (χ2n) is 5.82. The van der Waals surface area contributed by atoms with Gasteiger partial charge in [-0.3, -0.25) is 4.79 Å². The Morgan fingerprint density at radius 2 is 2.24 bits per heavy atom. The molecule has 0 aromatic carbocycles. The molecule has 1 amide bonds. The van der Waals surface area contributed by atoms with Gasteiger partial charge in [0.1, 0.15) is 5.03 Å². The van der Waals surface area contributed by atoms with Crippen molar-refractivity contribution in [1.29, 1.82) is 0 Å². The van der Waals surface area contributed by atoms with Crippen molar-refractivity contribution in [2.45, 2.75) is 49.7 Å².